The SMILES string of the molecule is C[C@@H]1CCC[C@H]([NH+]2CCC([NH+]3CC[NH+](Cc4ccccc4)CC3)CC2)C1. The van der Waals surface area contributed by atoms with Crippen LogP contribution in [0.2, 0.25) is 0 Å². The normalized spacial score (nSPS) is 38.8. The van der Waals surface area contributed by atoms with Gasteiger partial charge in [-0.25, -0.2) is 0 Å². The Kier molecular flexibility index (Phi) is 6.29. The highest BCUT2D eigenvalue weighted by Gasteiger charge is 2.36. The van der Waals surface area contributed by atoms with Gasteiger partial charge < -0.3 is 14.7 Å². The fraction of sp³-hybridized carbons (Fsp3) is 0.739. The summed E-state index contributed by atoms with van der Waals surface area (Å²) in [5.74, 6) is 0.977. The molecule has 1 aliphatic carbocycles. The van der Waals surface area contributed by atoms with Crippen LogP contribution in [0.25, 0.3) is 0 Å². The van der Waals surface area contributed by atoms with Gasteiger partial charge in [-0.3, -0.25) is 0 Å². The first-order valence-electron chi connectivity index (χ1n) is 11.3. The molecule has 0 bridgehead atoms. The number of piperazine rings is 1. The van der Waals surface area contributed by atoms with Crippen molar-refractivity contribution in [2.75, 3.05) is 39.3 Å². The lowest BCUT2D eigenvalue weighted by atomic mass is 9.85. The van der Waals surface area contributed by atoms with Crippen LogP contribution in [0.4, 0.5) is 0 Å². The van der Waals surface area contributed by atoms with Gasteiger partial charge in [0.15, 0.2) is 0 Å². The standard InChI is InChI=1S/C23H37N3/c1-20-6-5-9-23(18-20)25-12-10-22(11-13-25)26-16-14-24(15-17-26)19-21-7-3-2-4-8-21/h2-4,7-8,20,22-23H,5-6,9-19H2,1H3/p+3/t20-,23+/m1/s1. The Morgan fingerprint density at radius 2 is 1.46 bits per heavy atom. The molecule has 3 nitrogen and oxygen atoms in total. The van der Waals surface area contributed by atoms with E-state index in [2.05, 4.69) is 37.3 Å². The molecule has 26 heavy (non-hydrogen) atoms. The van der Waals surface area contributed by atoms with Crippen LogP contribution in [0.1, 0.15) is 51.0 Å². The van der Waals surface area contributed by atoms with Crippen molar-refractivity contribution in [1.82, 2.24) is 0 Å². The van der Waals surface area contributed by atoms with Crippen LogP contribution in [-0.2, 0) is 6.54 Å². The zero-order valence-corrected chi connectivity index (χ0v) is 16.8. The fourth-order valence-electron chi connectivity index (χ4n) is 6.00. The third kappa shape index (κ3) is 4.68. The van der Waals surface area contributed by atoms with Gasteiger partial charge in [0.25, 0.3) is 0 Å². The van der Waals surface area contributed by atoms with Crippen molar-refractivity contribution in [3.8, 4) is 0 Å². The maximum atomic E-state index is 2.47. The lowest BCUT2D eigenvalue weighted by Crippen LogP contribution is -3.30. The Balaban J connectivity index is 1.20. The van der Waals surface area contributed by atoms with Crippen molar-refractivity contribution in [3.63, 3.8) is 0 Å². The summed E-state index contributed by atoms with van der Waals surface area (Å²) < 4.78 is 0. The summed E-state index contributed by atoms with van der Waals surface area (Å²) in [6, 6.07) is 13.0. The van der Waals surface area contributed by atoms with Gasteiger partial charge in [0.1, 0.15) is 32.7 Å². The lowest BCUT2D eigenvalue weighted by molar-refractivity contribution is -1.04. The molecule has 3 aliphatic rings. The van der Waals surface area contributed by atoms with E-state index in [1.807, 2.05) is 9.80 Å². The Morgan fingerprint density at radius 1 is 0.769 bits per heavy atom. The number of quaternary nitrogens is 3. The second kappa shape index (κ2) is 8.86. The summed E-state index contributed by atoms with van der Waals surface area (Å²) in [7, 11) is 0. The van der Waals surface area contributed by atoms with Crippen LogP contribution in [0, 0.1) is 5.92 Å². The third-order valence-corrected chi connectivity index (χ3v) is 7.62. The van der Waals surface area contributed by atoms with Gasteiger partial charge in [-0.1, -0.05) is 43.7 Å². The van der Waals surface area contributed by atoms with Crippen molar-refractivity contribution in [1.29, 1.82) is 0 Å². The molecular weight excluding hydrogens is 318 g/mol. The van der Waals surface area contributed by atoms with E-state index in [0.29, 0.717) is 0 Å². The molecule has 3 fully saturated rings. The second-order valence-electron chi connectivity index (χ2n) is 9.47. The first-order chi connectivity index (χ1) is 12.8. The van der Waals surface area contributed by atoms with Crippen molar-refractivity contribution in [2.24, 2.45) is 5.92 Å². The summed E-state index contributed by atoms with van der Waals surface area (Å²) >= 11 is 0. The molecule has 0 radical (unpaired) electrons. The molecule has 144 valence electrons. The number of likely N-dealkylation sites (tertiary alicyclic amines) is 1. The highest BCUT2D eigenvalue weighted by atomic mass is 15.3. The summed E-state index contributed by atoms with van der Waals surface area (Å²) in [6.45, 7) is 12.1. The predicted molar refractivity (Wildman–Crippen MR) is 107 cm³/mol. The number of nitrogens with one attached hydrogen (secondary N) is 3. The van der Waals surface area contributed by atoms with Crippen LogP contribution >= 0.6 is 0 Å². The molecule has 1 saturated carbocycles. The van der Waals surface area contributed by atoms with Gasteiger partial charge in [-0.15, -0.1) is 0 Å². The van der Waals surface area contributed by atoms with Gasteiger partial charge in [-0.05, 0) is 18.8 Å². The average Bonchev–Trinajstić information content (AvgIpc) is 2.70. The van der Waals surface area contributed by atoms with E-state index < -0.39 is 0 Å². The van der Waals surface area contributed by atoms with Gasteiger partial charge in [-0.2, -0.15) is 0 Å². The molecule has 4 rings (SSSR count). The molecule has 1 aromatic carbocycles. The van der Waals surface area contributed by atoms with Crippen LogP contribution in [0.3, 0.4) is 0 Å². The highest BCUT2D eigenvalue weighted by molar-refractivity contribution is 5.13. The highest BCUT2D eigenvalue weighted by Crippen LogP contribution is 2.22. The smallest absolute Gasteiger partial charge is 0.127 e. The first kappa shape index (κ1) is 18.5. The molecule has 0 unspecified atom stereocenters. The van der Waals surface area contributed by atoms with Crippen molar-refractivity contribution in [2.45, 2.75) is 64.1 Å². The monoisotopic (exact) mass is 358 g/mol. The number of benzene rings is 1. The largest absolute Gasteiger partial charge is 0.332 e. The molecule has 2 atom stereocenters. The van der Waals surface area contributed by atoms with Crippen LogP contribution in [0.15, 0.2) is 30.3 Å². The van der Waals surface area contributed by atoms with E-state index >= 15 is 0 Å². The summed E-state index contributed by atoms with van der Waals surface area (Å²) in [6.07, 6.45) is 8.91. The molecule has 3 heteroatoms. The maximum absolute atomic E-state index is 2.47. The van der Waals surface area contributed by atoms with Gasteiger partial charge in [0.2, 0.25) is 0 Å². The minimum atomic E-state index is 0.957. The molecule has 0 amide bonds. The first-order valence-corrected chi connectivity index (χ1v) is 11.3. The van der Waals surface area contributed by atoms with E-state index in [-0.39, 0.29) is 0 Å². The Morgan fingerprint density at radius 3 is 2.15 bits per heavy atom. The zero-order chi connectivity index (χ0) is 17.8. The van der Waals surface area contributed by atoms with E-state index in [1.165, 1.54) is 89.9 Å². The van der Waals surface area contributed by atoms with Crippen LogP contribution in [0.5, 0.6) is 0 Å². The zero-order valence-electron chi connectivity index (χ0n) is 16.8. The van der Waals surface area contributed by atoms with Crippen LogP contribution < -0.4 is 14.7 Å². The third-order valence-electron chi connectivity index (χ3n) is 7.62. The van der Waals surface area contributed by atoms with Crippen molar-refractivity contribution >= 4 is 0 Å². The minimum absolute atomic E-state index is 0.957. The molecule has 0 spiro atoms. The summed E-state index contributed by atoms with van der Waals surface area (Å²) in [4.78, 5) is 5.68. The molecule has 0 aromatic heterocycles. The van der Waals surface area contributed by atoms with E-state index in [0.717, 1.165) is 18.0 Å². The summed E-state index contributed by atoms with van der Waals surface area (Å²) in [5, 5.41) is 0. The predicted octanol–water partition coefficient (Wildman–Crippen LogP) is -0.404. The lowest BCUT2D eigenvalue weighted by Gasteiger charge is -2.41. The Bertz CT molecular complexity index is 530. The van der Waals surface area contributed by atoms with Gasteiger partial charge in [0, 0.05) is 24.8 Å². The molecule has 2 saturated heterocycles. The maximum Gasteiger partial charge on any atom is 0.127 e. The molecule has 3 N–H and O–H groups in total. The summed E-state index contributed by atoms with van der Waals surface area (Å²) in [5.41, 5.74) is 1.50. The van der Waals surface area contributed by atoms with Gasteiger partial charge in [0.05, 0.1) is 25.2 Å². The molecule has 2 aliphatic heterocycles. The fourth-order valence-corrected chi connectivity index (χ4v) is 6.00. The van der Waals surface area contributed by atoms with E-state index in [1.54, 1.807) is 4.90 Å². The number of rotatable bonds is 4. The number of hydrogen-bond acceptors (Lipinski definition) is 0. The quantitative estimate of drug-likeness (QED) is 0.648. The van der Waals surface area contributed by atoms with E-state index in [4.69, 9.17) is 0 Å². The average molecular weight is 359 g/mol. The Hall–Kier alpha value is -0.900. The number of piperidine rings is 1. The topological polar surface area (TPSA) is 13.3 Å². The minimum Gasteiger partial charge on any atom is -0.332 e. The van der Waals surface area contributed by atoms with Crippen LogP contribution in [-0.4, -0.2) is 51.4 Å². The molecular formula is C23H40N3+3. The molecule has 1 aromatic rings. The Labute approximate surface area is 160 Å². The van der Waals surface area contributed by atoms with Crippen molar-refractivity contribution < 1.29 is 14.7 Å². The van der Waals surface area contributed by atoms with Crippen molar-refractivity contribution in [3.05, 3.63) is 35.9 Å². The number of hydrogen-bond donors (Lipinski definition) is 3. The second-order valence-corrected chi connectivity index (χ2v) is 9.47. The van der Waals surface area contributed by atoms with Gasteiger partial charge >= 0.3 is 0 Å². The van der Waals surface area contributed by atoms with E-state index in [9.17, 15) is 0 Å². The molecule has 2 heterocycles.